The fraction of sp³-hybridized carbons (Fsp3) is 0.609. The molecule has 0 radical (unpaired) electrons. The lowest BCUT2D eigenvalue weighted by molar-refractivity contribution is -0.133. The molecular formula is C23H34ClN3O5. The molecule has 178 valence electrons. The van der Waals surface area contributed by atoms with Crippen molar-refractivity contribution in [1.29, 1.82) is 0 Å². The highest BCUT2D eigenvalue weighted by Gasteiger charge is 2.30. The first kappa shape index (κ1) is 25.8. The van der Waals surface area contributed by atoms with Gasteiger partial charge in [-0.15, -0.1) is 0 Å². The van der Waals surface area contributed by atoms with Gasteiger partial charge >= 0.3 is 6.09 Å². The molecule has 32 heavy (non-hydrogen) atoms. The molecule has 0 aliphatic carbocycles. The Morgan fingerprint density at radius 3 is 2.31 bits per heavy atom. The molecule has 8 nitrogen and oxygen atoms in total. The summed E-state index contributed by atoms with van der Waals surface area (Å²) in [5.41, 5.74) is 0.0102. The number of likely N-dealkylation sites (N-methyl/N-ethyl adjacent to an activating group) is 1. The molecule has 1 aromatic rings. The second kappa shape index (κ2) is 11.4. The van der Waals surface area contributed by atoms with E-state index < -0.39 is 5.60 Å². The Hall–Kier alpha value is -2.48. The summed E-state index contributed by atoms with van der Waals surface area (Å²) in [6.07, 6.45) is 0.777. The summed E-state index contributed by atoms with van der Waals surface area (Å²) in [5.74, 6) is -0.0395. The van der Waals surface area contributed by atoms with E-state index in [0.717, 1.165) is 0 Å². The summed E-state index contributed by atoms with van der Waals surface area (Å²) in [6, 6.07) is 4.93. The van der Waals surface area contributed by atoms with Crippen molar-refractivity contribution in [2.24, 2.45) is 5.92 Å². The third-order valence-corrected chi connectivity index (χ3v) is 5.48. The largest absolute Gasteiger partial charge is 0.482 e. The van der Waals surface area contributed by atoms with E-state index in [1.807, 2.05) is 34.6 Å². The number of carbonyl (C=O) groups is 3. The average molecular weight is 468 g/mol. The number of piperidine rings is 1. The lowest BCUT2D eigenvalue weighted by Crippen LogP contribution is -2.43. The average Bonchev–Trinajstić information content (AvgIpc) is 2.73. The number of nitrogens with one attached hydrogen (secondary N) is 1. The number of carbonyl (C=O) groups excluding carboxylic acids is 3. The van der Waals surface area contributed by atoms with Gasteiger partial charge < -0.3 is 24.6 Å². The molecule has 1 heterocycles. The van der Waals surface area contributed by atoms with Crippen molar-refractivity contribution in [3.63, 3.8) is 0 Å². The van der Waals surface area contributed by atoms with Gasteiger partial charge in [0.25, 0.3) is 5.91 Å². The van der Waals surface area contributed by atoms with Gasteiger partial charge in [-0.3, -0.25) is 9.59 Å². The van der Waals surface area contributed by atoms with Crippen LogP contribution in [0.3, 0.4) is 0 Å². The van der Waals surface area contributed by atoms with Gasteiger partial charge in [0.1, 0.15) is 11.4 Å². The van der Waals surface area contributed by atoms with Crippen molar-refractivity contribution >= 4 is 35.2 Å². The summed E-state index contributed by atoms with van der Waals surface area (Å²) in [4.78, 5) is 40.2. The number of rotatable bonds is 7. The fourth-order valence-electron chi connectivity index (χ4n) is 3.40. The Balaban J connectivity index is 1.86. The van der Waals surface area contributed by atoms with Crippen LogP contribution in [0.2, 0.25) is 5.02 Å². The van der Waals surface area contributed by atoms with Crippen LogP contribution in [-0.4, -0.2) is 66.1 Å². The van der Waals surface area contributed by atoms with Crippen LogP contribution >= 0.6 is 11.6 Å². The minimum Gasteiger partial charge on any atom is -0.482 e. The van der Waals surface area contributed by atoms with Crippen LogP contribution in [0.1, 0.15) is 47.5 Å². The summed E-state index contributed by atoms with van der Waals surface area (Å²) in [6.45, 7) is 11.4. The van der Waals surface area contributed by atoms with Crippen LogP contribution in [0, 0.1) is 5.92 Å². The van der Waals surface area contributed by atoms with E-state index in [1.54, 1.807) is 28.0 Å². The lowest BCUT2D eigenvalue weighted by Gasteiger charge is -2.32. The van der Waals surface area contributed by atoms with E-state index in [0.29, 0.717) is 55.5 Å². The highest BCUT2D eigenvalue weighted by atomic mass is 35.5. The minimum atomic E-state index is -0.543. The lowest BCUT2D eigenvalue weighted by atomic mass is 9.96. The maximum atomic E-state index is 12.7. The Morgan fingerprint density at radius 1 is 1.16 bits per heavy atom. The number of amides is 3. The molecule has 1 fully saturated rings. The predicted octanol–water partition coefficient (Wildman–Crippen LogP) is 4.17. The summed E-state index contributed by atoms with van der Waals surface area (Å²) < 4.78 is 10.9. The first-order valence-electron chi connectivity index (χ1n) is 11.0. The maximum Gasteiger partial charge on any atom is 0.410 e. The van der Waals surface area contributed by atoms with Gasteiger partial charge in [-0.2, -0.15) is 0 Å². The number of halogens is 1. The van der Waals surface area contributed by atoms with Crippen molar-refractivity contribution in [1.82, 2.24) is 9.80 Å². The topological polar surface area (TPSA) is 88.2 Å². The van der Waals surface area contributed by atoms with Crippen LogP contribution in [0.25, 0.3) is 0 Å². The maximum absolute atomic E-state index is 12.7. The molecule has 0 bridgehead atoms. The van der Waals surface area contributed by atoms with Crippen molar-refractivity contribution in [2.45, 2.75) is 53.1 Å². The number of ether oxygens (including phenoxy) is 2. The van der Waals surface area contributed by atoms with E-state index in [-0.39, 0.29) is 30.4 Å². The van der Waals surface area contributed by atoms with Crippen LogP contribution in [0.4, 0.5) is 10.5 Å². The standard InChI is InChI=1S/C23H34ClN3O5/c1-6-26(7-2)20(28)15-31-19-9-8-17(14-18(19)24)25-21(29)16-10-12-27(13-11-16)22(30)32-23(3,4)5/h8-9,14,16H,6-7,10-13,15H2,1-5H3,(H,25,29). The molecule has 9 heteroatoms. The van der Waals surface area contributed by atoms with Gasteiger partial charge in [0.2, 0.25) is 5.91 Å². The number of anilines is 1. The van der Waals surface area contributed by atoms with Gasteiger partial charge in [-0.1, -0.05) is 11.6 Å². The van der Waals surface area contributed by atoms with Crippen molar-refractivity contribution in [3.8, 4) is 5.75 Å². The number of hydrogen-bond donors (Lipinski definition) is 1. The van der Waals surface area contributed by atoms with Crippen molar-refractivity contribution < 1.29 is 23.9 Å². The van der Waals surface area contributed by atoms with E-state index in [9.17, 15) is 14.4 Å². The number of nitrogens with zero attached hydrogens (tertiary/aromatic N) is 2. The second-order valence-corrected chi connectivity index (χ2v) is 9.14. The summed E-state index contributed by atoms with van der Waals surface area (Å²) in [5, 5.41) is 3.19. The van der Waals surface area contributed by atoms with E-state index >= 15 is 0 Å². The number of benzene rings is 1. The van der Waals surface area contributed by atoms with Crippen LogP contribution in [0.15, 0.2) is 18.2 Å². The summed E-state index contributed by atoms with van der Waals surface area (Å²) >= 11 is 6.28. The molecule has 1 aromatic carbocycles. The Bertz CT molecular complexity index is 812. The van der Waals surface area contributed by atoms with E-state index in [4.69, 9.17) is 21.1 Å². The molecule has 0 unspecified atom stereocenters. The van der Waals surface area contributed by atoms with E-state index in [1.165, 1.54) is 0 Å². The fourth-order valence-corrected chi connectivity index (χ4v) is 3.63. The molecule has 0 atom stereocenters. The zero-order valence-electron chi connectivity index (χ0n) is 19.6. The van der Waals surface area contributed by atoms with Crippen molar-refractivity contribution in [3.05, 3.63) is 23.2 Å². The number of likely N-dealkylation sites (tertiary alicyclic amines) is 1. The van der Waals surface area contributed by atoms with E-state index in [2.05, 4.69) is 5.32 Å². The molecule has 3 amide bonds. The quantitative estimate of drug-likeness (QED) is 0.650. The normalized spacial score (nSPS) is 14.6. The van der Waals surface area contributed by atoms with Crippen molar-refractivity contribution in [2.75, 3.05) is 38.1 Å². The monoisotopic (exact) mass is 467 g/mol. The highest BCUT2D eigenvalue weighted by Crippen LogP contribution is 2.29. The third-order valence-electron chi connectivity index (χ3n) is 5.18. The molecule has 0 saturated carbocycles. The van der Waals surface area contributed by atoms with Gasteiger partial charge in [-0.25, -0.2) is 4.79 Å². The Labute approximate surface area is 195 Å². The zero-order chi connectivity index (χ0) is 23.9. The van der Waals surface area contributed by atoms with Crippen LogP contribution in [0.5, 0.6) is 5.75 Å². The Morgan fingerprint density at radius 2 is 1.78 bits per heavy atom. The second-order valence-electron chi connectivity index (χ2n) is 8.73. The SMILES string of the molecule is CCN(CC)C(=O)COc1ccc(NC(=O)C2CCN(C(=O)OC(C)(C)C)CC2)cc1Cl. The van der Waals surface area contributed by atoms with Gasteiger partial charge in [0.05, 0.1) is 5.02 Å². The molecular weight excluding hydrogens is 434 g/mol. The van der Waals surface area contributed by atoms with Crippen LogP contribution < -0.4 is 10.1 Å². The molecule has 1 aliphatic rings. The number of hydrogen-bond acceptors (Lipinski definition) is 5. The molecule has 0 aromatic heterocycles. The molecule has 1 N–H and O–H groups in total. The predicted molar refractivity (Wildman–Crippen MR) is 124 cm³/mol. The van der Waals surface area contributed by atoms with Gasteiger partial charge in [0, 0.05) is 37.8 Å². The minimum absolute atomic E-state index is 0.0939. The smallest absolute Gasteiger partial charge is 0.410 e. The first-order chi connectivity index (χ1) is 15.0. The van der Waals surface area contributed by atoms with Gasteiger partial charge in [-0.05, 0) is 65.7 Å². The molecule has 0 spiro atoms. The van der Waals surface area contributed by atoms with Crippen LogP contribution in [-0.2, 0) is 14.3 Å². The molecule has 1 aliphatic heterocycles. The highest BCUT2D eigenvalue weighted by molar-refractivity contribution is 6.32. The summed E-state index contributed by atoms with van der Waals surface area (Å²) in [7, 11) is 0. The first-order valence-corrected chi connectivity index (χ1v) is 11.4. The zero-order valence-corrected chi connectivity index (χ0v) is 20.3. The third kappa shape index (κ3) is 7.58. The Kier molecular flexibility index (Phi) is 9.19. The molecule has 1 saturated heterocycles. The molecule has 2 rings (SSSR count). The van der Waals surface area contributed by atoms with Gasteiger partial charge in [0.15, 0.2) is 6.61 Å².